The lowest BCUT2D eigenvalue weighted by Gasteiger charge is -2.21. The lowest BCUT2D eigenvalue weighted by Crippen LogP contribution is -2.28. The molecule has 0 bridgehead atoms. The normalized spacial score (nSPS) is 13.7. The molecule has 0 saturated heterocycles. The molecular formula is C16H22N2S. The average Bonchev–Trinajstić information content (AvgIpc) is 2.36. The lowest BCUT2D eigenvalue weighted by atomic mass is 10.0. The molecule has 3 heteroatoms. The van der Waals surface area contributed by atoms with Gasteiger partial charge in [-0.05, 0) is 24.1 Å². The summed E-state index contributed by atoms with van der Waals surface area (Å²) in [5.74, 6) is 0.986. The zero-order valence-electron chi connectivity index (χ0n) is 11.9. The Morgan fingerprint density at radius 1 is 1.21 bits per heavy atom. The summed E-state index contributed by atoms with van der Waals surface area (Å²) < 4.78 is 0.276. The van der Waals surface area contributed by atoms with Crippen LogP contribution in [0, 0.1) is 0 Å². The molecule has 1 atom stereocenters. The lowest BCUT2D eigenvalue weighted by molar-refractivity contribution is 0.736. The Morgan fingerprint density at radius 3 is 2.68 bits per heavy atom. The molecular weight excluding hydrogens is 252 g/mol. The van der Waals surface area contributed by atoms with Crippen LogP contribution < -0.4 is 5.73 Å². The quantitative estimate of drug-likeness (QED) is 0.925. The third kappa shape index (κ3) is 4.22. The number of pyridine rings is 1. The van der Waals surface area contributed by atoms with Gasteiger partial charge in [-0.15, -0.1) is 0 Å². The van der Waals surface area contributed by atoms with Gasteiger partial charge in [0.25, 0.3) is 0 Å². The summed E-state index contributed by atoms with van der Waals surface area (Å²) in [5.41, 5.74) is 8.61. The molecule has 2 N–H and O–H groups in total. The van der Waals surface area contributed by atoms with E-state index < -0.39 is 0 Å². The second-order valence-electron chi connectivity index (χ2n) is 5.87. The summed E-state index contributed by atoms with van der Waals surface area (Å²) in [6.07, 6.45) is 2.79. The van der Waals surface area contributed by atoms with E-state index in [9.17, 15) is 0 Å². The number of hydrogen-bond acceptors (Lipinski definition) is 3. The molecule has 0 radical (unpaired) electrons. The number of thioether (sulfide) groups is 1. The van der Waals surface area contributed by atoms with E-state index >= 15 is 0 Å². The van der Waals surface area contributed by atoms with Gasteiger partial charge < -0.3 is 5.73 Å². The molecule has 0 aliphatic rings. The van der Waals surface area contributed by atoms with Crippen molar-refractivity contribution in [1.82, 2.24) is 4.98 Å². The Labute approximate surface area is 119 Å². The zero-order valence-corrected chi connectivity index (χ0v) is 12.7. The molecule has 2 nitrogen and oxygen atoms in total. The van der Waals surface area contributed by atoms with Gasteiger partial charge in [-0.2, -0.15) is 11.8 Å². The van der Waals surface area contributed by atoms with Gasteiger partial charge in [0.1, 0.15) is 0 Å². The van der Waals surface area contributed by atoms with E-state index in [4.69, 9.17) is 5.73 Å². The van der Waals surface area contributed by atoms with Crippen LogP contribution in [0.4, 0.5) is 0 Å². The molecule has 0 saturated carbocycles. The molecule has 102 valence electrons. The van der Waals surface area contributed by atoms with Crippen molar-refractivity contribution in [2.45, 2.75) is 38.0 Å². The first kappa shape index (κ1) is 14.4. The van der Waals surface area contributed by atoms with Crippen LogP contribution >= 0.6 is 11.8 Å². The molecule has 0 aliphatic heterocycles. The van der Waals surface area contributed by atoms with Crippen LogP contribution in [0.5, 0.6) is 0 Å². The van der Waals surface area contributed by atoms with Crippen molar-refractivity contribution in [2.24, 2.45) is 5.73 Å². The molecule has 19 heavy (non-hydrogen) atoms. The predicted octanol–water partition coefficient (Wildman–Crippen LogP) is 3.64. The molecule has 0 fully saturated rings. The highest BCUT2D eigenvalue weighted by Crippen LogP contribution is 2.25. The molecule has 2 rings (SSSR count). The highest BCUT2D eigenvalue weighted by atomic mass is 32.2. The van der Waals surface area contributed by atoms with Crippen LogP contribution in [0.15, 0.2) is 36.5 Å². The van der Waals surface area contributed by atoms with Gasteiger partial charge >= 0.3 is 0 Å². The molecule has 0 spiro atoms. The average molecular weight is 274 g/mol. The van der Waals surface area contributed by atoms with Gasteiger partial charge in [0, 0.05) is 28.1 Å². The van der Waals surface area contributed by atoms with E-state index in [1.165, 1.54) is 10.9 Å². The van der Waals surface area contributed by atoms with Crippen molar-refractivity contribution >= 4 is 22.7 Å². The van der Waals surface area contributed by atoms with Crippen molar-refractivity contribution in [3.05, 3.63) is 42.1 Å². The minimum absolute atomic E-state index is 0.190. The van der Waals surface area contributed by atoms with Crippen LogP contribution in [0.25, 0.3) is 10.9 Å². The topological polar surface area (TPSA) is 38.9 Å². The Hall–Kier alpha value is -1.06. The number of benzene rings is 1. The summed E-state index contributed by atoms with van der Waals surface area (Å²) >= 11 is 1.93. The Bertz CT molecular complexity index is 540. The first-order valence-electron chi connectivity index (χ1n) is 6.68. The summed E-state index contributed by atoms with van der Waals surface area (Å²) in [5, 5.41) is 1.22. The Kier molecular flexibility index (Phi) is 4.48. The number of fused-ring (bicyclic) bond motifs is 1. The van der Waals surface area contributed by atoms with E-state index in [1.807, 2.05) is 30.1 Å². The Morgan fingerprint density at radius 2 is 1.95 bits per heavy atom. The van der Waals surface area contributed by atoms with Crippen molar-refractivity contribution in [3.63, 3.8) is 0 Å². The summed E-state index contributed by atoms with van der Waals surface area (Å²) in [6, 6.07) is 10.5. The fourth-order valence-electron chi connectivity index (χ4n) is 2.03. The molecule has 1 heterocycles. The number of hydrogen-bond donors (Lipinski definition) is 1. The third-order valence-corrected chi connectivity index (χ3v) is 4.41. The number of aromatic nitrogens is 1. The SMILES string of the molecule is CC(C)(C)SCC(N)Cc1ccnc2ccccc12. The molecule has 0 amide bonds. The molecule has 1 aromatic heterocycles. The zero-order chi connectivity index (χ0) is 13.9. The number of para-hydroxylation sites is 1. The minimum atomic E-state index is 0.190. The van der Waals surface area contributed by atoms with E-state index in [0.717, 1.165) is 17.7 Å². The van der Waals surface area contributed by atoms with E-state index in [1.54, 1.807) is 0 Å². The number of rotatable bonds is 4. The van der Waals surface area contributed by atoms with Crippen LogP contribution in [-0.2, 0) is 6.42 Å². The van der Waals surface area contributed by atoms with Gasteiger partial charge in [-0.3, -0.25) is 4.98 Å². The maximum absolute atomic E-state index is 6.26. The predicted molar refractivity (Wildman–Crippen MR) is 85.6 cm³/mol. The second-order valence-corrected chi connectivity index (χ2v) is 7.72. The largest absolute Gasteiger partial charge is 0.327 e. The van der Waals surface area contributed by atoms with Gasteiger partial charge in [-0.1, -0.05) is 39.0 Å². The standard InChI is InChI=1S/C16H22N2S/c1-16(2,3)19-11-13(17)10-12-8-9-18-15-7-5-4-6-14(12)15/h4-9,13H,10-11,17H2,1-3H3. The van der Waals surface area contributed by atoms with E-state index in [-0.39, 0.29) is 10.8 Å². The Balaban J connectivity index is 2.09. The fraction of sp³-hybridized carbons (Fsp3) is 0.438. The van der Waals surface area contributed by atoms with Gasteiger partial charge in [0.15, 0.2) is 0 Å². The smallest absolute Gasteiger partial charge is 0.0704 e. The van der Waals surface area contributed by atoms with E-state index in [0.29, 0.717) is 0 Å². The highest BCUT2D eigenvalue weighted by molar-refractivity contribution is 8.00. The minimum Gasteiger partial charge on any atom is -0.327 e. The molecule has 1 unspecified atom stereocenters. The van der Waals surface area contributed by atoms with Crippen molar-refractivity contribution in [2.75, 3.05) is 5.75 Å². The molecule has 2 aromatic rings. The van der Waals surface area contributed by atoms with Crippen molar-refractivity contribution < 1.29 is 0 Å². The van der Waals surface area contributed by atoms with Crippen LogP contribution in [-0.4, -0.2) is 21.5 Å². The van der Waals surface area contributed by atoms with Crippen molar-refractivity contribution in [3.8, 4) is 0 Å². The third-order valence-electron chi connectivity index (χ3n) is 2.95. The molecule has 0 aliphatic carbocycles. The summed E-state index contributed by atoms with van der Waals surface area (Å²) in [4.78, 5) is 4.39. The van der Waals surface area contributed by atoms with Crippen LogP contribution in [0.1, 0.15) is 26.3 Å². The van der Waals surface area contributed by atoms with Crippen molar-refractivity contribution in [1.29, 1.82) is 0 Å². The van der Waals surface area contributed by atoms with Crippen LogP contribution in [0.2, 0.25) is 0 Å². The van der Waals surface area contributed by atoms with Gasteiger partial charge in [0.2, 0.25) is 0 Å². The maximum Gasteiger partial charge on any atom is 0.0704 e. The highest BCUT2D eigenvalue weighted by Gasteiger charge is 2.14. The molecule has 1 aromatic carbocycles. The second kappa shape index (κ2) is 5.93. The van der Waals surface area contributed by atoms with Gasteiger partial charge in [0.05, 0.1) is 5.52 Å². The van der Waals surface area contributed by atoms with E-state index in [2.05, 4.69) is 44.0 Å². The number of nitrogens with zero attached hydrogens (tertiary/aromatic N) is 1. The monoisotopic (exact) mass is 274 g/mol. The van der Waals surface area contributed by atoms with Gasteiger partial charge in [-0.25, -0.2) is 0 Å². The number of nitrogens with two attached hydrogens (primary N) is 1. The summed E-state index contributed by atoms with van der Waals surface area (Å²) in [6.45, 7) is 6.69. The first-order chi connectivity index (χ1) is 8.96. The first-order valence-corrected chi connectivity index (χ1v) is 7.66. The summed E-state index contributed by atoms with van der Waals surface area (Å²) in [7, 11) is 0. The fourth-order valence-corrected chi connectivity index (χ4v) is 2.86. The van der Waals surface area contributed by atoms with Crippen LogP contribution in [0.3, 0.4) is 0 Å². The maximum atomic E-state index is 6.26.